The van der Waals surface area contributed by atoms with E-state index in [0.717, 1.165) is 18.4 Å². The Morgan fingerprint density at radius 3 is 2.30 bits per heavy atom. The van der Waals surface area contributed by atoms with E-state index in [4.69, 9.17) is 4.74 Å². The van der Waals surface area contributed by atoms with Crippen LogP contribution in [0.4, 0.5) is 0 Å². The third-order valence-electron chi connectivity index (χ3n) is 9.14. The van der Waals surface area contributed by atoms with E-state index in [0.29, 0.717) is 36.6 Å². The fourth-order valence-electron chi connectivity index (χ4n) is 6.27. The highest BCUT2D eigenvalue weighted by atomic mass is 16.5. The Bertz CT molecular complexity index is 954. The second kappa shape index (κ2) is 12.0. The molecule has 0 radical (unpaired) electrons. The van der Waals surface area contributed by atoms with Gasteiger partial charge in [-0.05, 0) is 93.2 Å². The largest absolute Gasteiger partial charge is 0.478 e. The maximum absolute atomic E-state index is 13.6. The van der Waals surface area contributed by atoms with Crippen molar-refractivity contribution in [2.75, 3.05) is 19.7 Å². The highest BCUT2D eigenvalue weighted by molar-refractivity contribution is 5.89. The summed E-state index contributed by atoms with van der Waals surface area (Å²) in [4.78, 5) is 39.4. The normalized spacial score (nSPS) is 21.9. The quantitative estimate of drug-likeness (QED) is 0.486. The molecule has 2 aliphatic carbocycles. The van der Waals surface area contributed by atoms with Gasteiger partial charge < -0.3 is 20.1 Å². The molecule has 2 atom stereocenters. The predicted octanol–water partition coefficient (Wildman–Crippen LogP) is 5.00. The van der Waals surface area contributed by atoms with Gasteiger partial charge in [0, 0.05) is 25.6 Å². The van der Waals surface area contributed by atoms with Crippen LogP contribution in [0.5, 0.6) is 0 Å². The third kappa shape index (κ3) is 6.73. The van der Waals surface area contributed by atoms with E-state index >= 15 is 0 Å². The first-order valence-corrected chi connectivity index (χ1v) is 14.2. The van der Waals surface area contributed by atoms with Crippen LogP contribution in [0.15, 0.2) is 24.3 Å². The minimum absolute atomic E-state index is 0.0868. The molecule has 1 heterocycles. The first kappa shape index (κ1) is 27.6. The highest BCUT2D eigenvalue weighted by Crippen LogP contribution is 2.52. The summed E-state index contributed by atoms with van der Waals surface area (Å²) in [5.41, 5.74) is 1.91. The summed E-state index contributed by atoms with van der Waals surface area (Å²) in [5, 5.41) is 12.3. The summed E-state index contributed by atoms with van der Waals surface area (Å²) in [6.45, 7) is 7.36. The van der Waals surface area contributed by atoms with Crippen molar-refractivity contribution in [1.82, 2.24) is 10.2 Å². The molecule has 204 valence electrons. The van der Waals surface area contributed by atoms with E-state index < -0.39 is 18.1 Å². The predicted molar refractivity (Wildman–Crippen MR) is 142 cm³/mol. The number of hydrogen-bond donors (Lipinski definition) is 2. The van der Waals surface area contributed by atoms with Gasteiger partial charge in [-0.15, -0.1) is 0 Å². The van der Waals surface area contributed by atoms with E-state index in [-0.39, 0.29) is 23.7 Å². The van der Waals surface area contributed by atoms with Gasteiger partial charge in [0.15, 0.2) is 0 Å². The van der Waals surface area contributed by atoms with E-state index in [1.807, 2.05) is 31.7 Å². The van der Waals surface area contributed by atoms with Crippen LogP contribution >= 0.6 is 0 Å². The lowest BCUT2D eigenvalue weighted by atomic mass is 9.59. The number of piperidine rings is 1. The Balaban J connectivity index is 1.33. The van der Waals surface area contributed by atoms with Crippen molar-refractivity contribution in [3.8, 4) is 0 Å². The van der Waals surface area contributed by atoms with Crippen LogP contribution in [-0.2, 0) is 14.3 Å². The highest BCUT2D eigenvalue weighted by Gasteiger charge is 2.40. The minimum Gasteiger partial charge on any atom is -0.478 e. The van der Waals surface area contributed by atoms with E-state index in [2.05, 4.69) is 5.32 Å². The number of carbonyl (C=O) groups is 3. The van der Waals surface area contributed by atoms with Gasteiger partial charge in [-0.3, -0.25) is 9.59 Å². The van der Waals surface area contributed by atoms with Crippen molar-refractivity contribution in [1.29, 1.82) is 0 Å². The Kier molecular flexibility index (Phi) is 8.94. The molecule has 1 saturated heterocycles. The lowest BCUT2D eigenvalue weighted by Gasteiger charge is -2.47. The zero-order valence-electron chi connectivity index (χ0n) is 22.7. The molecule has 4 rings (SSSR count). The maximum atomic E-state index is 13.6. The fraction of sp³-hybridized carbons (Fsp3) is 0.700. The number of likely N-dealkylation sites (tertiary alicyclic amines) is 1. The molecule has 2 saturated carbocycles. The second-order valence-corrected chi connectivity index (χ2v) is 12.0. The molecule has 1 aromatic carbocycles. The van der Waals surface area contributed by atoms with Crippen molar-refractivity contribution in [3.63, 3.8) is 0 Å². The molecule has 7 nitrogen and oxygen atoms in total. The zero-order chi connectivity index (χ0) is 26.6. The molecule has 3 fully saturated rings. The summed E-state index contributed by atoms with van der Waals surface area (Å²) in [6.07, 6.45) is 10.3. The van der Waals surface area contributed by atoms with Gasteiger partial charge in [-0.25, -0.2) is 4.79 Å². The number of rotatable bonds is 9. The fourth-order valence-corrected chi connectivity index (χ4v) is 6.27. The molecule has 37 heavy (non-hydrogen) atoms. The Hall–Kier alpha value is -2.41. The van der Waals surface area contributed by atoms with Crippen LogP contribution in [-0.4, -0.2) is 59.6 Å². The molecule has 1 aliphatic heterocycles. The van der Waals surface area contributed by atoms with Crippen molar-refractivity contribution in [2.24, 2.45) is 17.3 Å². The summed E-state index contributed by atoms with van der Waals surface area (Å²) >= 11 is 0. The summed E-state index contributed by atoms with van der Waals surface area (Å²) < 4.78 is 6.26. The van der Waals surface area contributed by atoms with Gasteiger partial charge in [0.05, 0.1) is 11.7 Å². The SMILES string of the molecule is CC(C)C(=O)NC(C(=O)N1CCC(c2cccc(C(=O)O)c2)CC1)C(C)OCC1CCC2(CCC2)CC1. The third-order valence-corrected chi connectivity index (χ3v) is 9.14. The van der Waals surface area contributed by atoms with Gasteiger partial charge in [0.1, 0.15) is 6.04 Å². The number of carboxylic acid groups (broad SMARTS) is 1. The standard InChI is InChI=1S/C30H44N2O5/c1-20(2)27(33)31-26(21(3)37-19-22-8-14-30(15-9-22)12-5-13-30)28(34)32-16-10-23(11-17-32)24-6-4-7-25(18-24)29(35)36/h4,6-7,18,20-23,26H,5,8-17,19H2,1-3H3,(H,31,33)(H,35,36). The number of nitrogens with zero attached hydrogens (tertiary/aromatic N) is 1. The van der Waals surface area contributed by atoms with E-state index in [1.54, 1.807) is 18.2 Å². The van der Waals surface area contributed by atoms with E-state index in [1.165, 1.54) is 44.9 Å². The Labute approximate surface area is 221 Å². The van der Waals surface area contributed by atoms with Crippen LogP contribution in [0.25, 0.3) is 0 Å². The van der Waals surface area contributed by atoms with Gasteiger partial charge in [-0.2, -0.15) is 0 Å². The molecule has 2 amide bonds. The van der Waals surface area contributed by atoms with Gasteiger partial charge in [-0.1, -0.05) is 32.4 Å². The van der Waals surface area contributed by atoms with Gasteiger partial charge in [0.2, 0.25) is 11.8 Å². The smallest absolute Gasteiger partial charge is 0.335 e. The number of aromatic carboxylic acids is 1. The Morgan fingerprint density at radius 2 is 1.73 bits per heavy atom. The first-order chi connectivity index (χ1) is 17.7. The average molecular weight is 513 g/mol. The maximum Gasteiger partial charge on any atom is 0.335 e. The molecular weight excluding hydrogens is 468 g/mol. The topological polar surface area (TPSA) is 95.9 Å². The minimum atomic E-state index is -0.928. The van der Waals surface area contributed by atoms with Gasteiger partial charge >= 0.3 is 5.97 Å². The molecule has 0 bridgehead atoms. The summed E-state index contributed by atoms with van der Waals surface area (Å²) in [5.74, 6) is -0.627. The summed E-state index contributed by atoms with van der Waals surface area (Å²) in [6, 6.07) is 6.39. The average Bonchev–Trinajstić information content (AvgIpc) is 2.89. The lowest BCUT2D eigenvalue weighted by molar-refractivity contribution is -0.143. The molecule has 3 aliphatic rings. The van der Waals surface area contributed by atoms with Crippen LogP contribution in [0.1, 0.15) is 100 Å². The molecule has 7 heteroatoms. The molecule has 2 unspecified atom stereocenters. The zero-order valence-corrected chi connectivity index (χ0v) is 22.7. The number of amides is 2. The van der Waals surface area contributed by atoms with Crippen LogP contribution in [0.3, 0.4) is 0 Å². The number of benzene rings is 1. The van der Waals surface area contributed by atoms with Crippen LogP contribution < -0.4 is 5.32 Å². The summed E-state index contributed by atoms with van der Waals surface area (Å²) in [7, 11) is 0. The monoisotopic (exact) mass is 512 g/mol. The molecule has 1 spiro atoms. The first-order valence-electron chi connectivity index (χ1n) is 14.2. The number of carboxylic acids is 1. The van der Waals surface area contributed by atoms with Gasteiger partial charge in [0.25, 0.3) is 0 Å². The van der Waals surface area contributed by atoms with Crippen molar-refractivity contribution in [3.05, 3.63) is 35.4 Å². The molecule has 1 aromatic rings. The number of hydrogen-bond acceptors (Lipinski definition) is 4. The molecule has 2 N–H and O–H groups in total. The number of ether oxygens (including phenoxy) is 1. The van der Waals surface area contributed by atoms with Crippen LogP contribution in [0, 0.1) is 17.3 Å². The molecular formula is C30H44N2O5. The number of carbonyl (C=O) groups excluding carboxylic acids is 2. The van der Waals surface area contributed by atoms with E-state index in [9.17, 15) is 19.5 Å². The molecule has 0 aromatic heterocycles. The van der Waals surface area contributed by atoms with Crippen molar-refractivity contribution >= 4 is 17.8 Å². The van der Waals surface area contributed by atoms with Crippen molar-refractivity contribution < 1.29 is 24.2 Å². The Morgan fingerprint density at radius 1 is 1.05 bits per heavy atom. The van der Waals surface area contributed by atoms with Crippen molar-refractivity contribution in [2.45, 2.75) is 96.6 Å². The lowest BCUT2D eigenvalue weighted by Crippen LogP contribution is -2.56. The second-order valence-electron chi connectivity index (χ2n) is 12.0. The number of nitrogens with one attached hydrogen (secondary N) is 1. The van der Waals surface area contributed by atoms with Crippen LogP contribution in [0.2, 0.25) is 0 Å².